The number of ketones is 1. The average Bonchev–Trinajstić information content (AvgIpc) is 2.30. The standard InChI is InChI=1S/C14H18O3/c1-3-17-14(16)9-8-13(15)10-12-6-4-11(2)5-7-12/h4-7H,3,8-10H2,1-2H3. The SMILES string of the molecule is CCOC(=O)CCC(=O)Cc1ccc(C)cc1. The molecular weight excluding hydrogens is 216 g/mol. The molecule has 0 aliphatic heterocycles. The van der Waals surface area contributed by atoms with Crippen LogP contribution < -0.4 is 0 Å². The molecule has 0 saturated heterocycles. The summed E-state index contributed by atoms with van der Waals surface area (Å²) in [7, 11) is 0. The van der Waals surface area contributed by atoms with E-state index in [0.717, 1.165) is 5.56 Å². The summed E-state index contributed by atoms with van der Waals surface area (Å²) in [6.07, 6.45) is 0.824. The fourth-order valence-electron chi connectivity index (χ4n) is 1.50. The molecule has 92 valence electrons. The maximum Gasteiger partial charge on any atom is 0.306 e. The van der Waals surface area contributed by atoms with Crippen molar-refractivity contribution in [3.8, 4) is 0 Å². The van der Waals surface area contributed by atoms with Crippen LogP contribution in [0.5, 0.6) is 0 Å². The maximum absolute atomic E-state index is 11.6. The Hall–Kier alpha value is -1.64. The molecule has 1 rings (SSSR count). The first-order valence-electron chi connectivity index (χ1n) is 5.84. The van der Waals surface area contributed by atoms with Crippen LogP contribution in [0, 0.1) is 6.92 Å². The second-order valence-electron chi connectivity index (χ2n) is 4.01. The monoisotopic (exact) mass is 234 g/mol. The predicted molar refractivity (Wildman–Crippen MR) is 65.8 cm³/mol. The van der Waals surface area contributed by atoms with Gasteiger partial charge < -0.3 is 4.74 Å². The third-order valence-corrected chi connectivity index (χ3v) is 2.44. The highest BCUT2D eigenvalue weighted by atomic mass is 16.5. The first kappa shape index (κ1) is 13.4. The molecule has 0 unspecified atom stereocenters. The molecular formula is C14H18O3. The molecule has 0 bridgehead atoms. The zero-order valence-electron chi connectivity index (χ0n) is 10.4. The molecule has 0 amide bonds. The number of esters is 1. The van der Waals surface area contributed by atoms with E-state index in [2.05, 4.69) is 0 Å². The van der Waals surface area contributed by atoms with E-state index in [0.29, 0.717) is 13.0 Å². The average molecular weight is 234 g/mol. The van der Waals surface area contributed by atoms with Crippen LogP contribution in [-0.4, -0.2) is 18.4 Å². The minimum absolute atomic E-state index is 0.0712. The second kappa shape index (κ2) is 6.84. The molecule has 0 atom stereocenters. The normalized spacial score (nSPS) is 10.0. The summed E-state index contributed by atoms with van der Waals surface area (Å²) in [6, 6.07) is 7.84. The minimum atomic E-state index is -0.301. The van der Waals surface area contributed by atoms with Gasteiger partial charge in [-0.2, -0.15) is 0 Å². The van der Waals surface area contributed by atoms with E-state index in [4.69, 9.17) is 4.74 Å². The fourth-order valence-corrected chi connectivity index (χ4v) is 1.50. The van der Waals surface area contributed by atoms with Gasteiger partial charge in [-0.1, -0.05) is 29.8 Å². The Bertz CT molecular complexity index is 379. The van der Waals surface area contributed by atoms with Gasteiger partial charge in [-0.05, 0) is 19.4 Å². The van der Waals surface area contributed by atoms with E-state index in [1.807, 2.05) is 31.2 Å². The van der Waals surface area contributed by atoms with Crippen molar-refractivity contribution >= 4 is 11.8 Å². The maximum atomic E-state index is 11.6. The number of ether oxygens (including phenoxy) is 1. The zero-order chi connectivity index (χ0) is 12.7. The van der Waals surface area contributed by atoms with Gasteiger partial charge in [0.25, 0.3) is 0 Å². The summed E-state index contributed by atoms with van der Waals surface area (Å²) in [4.78, 5) is 22.7. The van der Waals surface area contributed by atoms with Gasteiger partial charge >= 0.3 is 5.97 Å². The molecule has 3 heteroatoms. The summed E-state index contributed by atoms with van der Waals surface area (Å²) in [5.74, 6) is -0.230. The molecule has 0 aliphatic carbocycles. The van der Waals surface area contributed by atoms with Crippen molar-refractivity contribution < 1.29 is 14.3 Å². The van der Waals surface area contributed by atoms with E-state index in [1.165, 1.54) is 5.56 Å². The van der Waals surface area contributed by atoms with E-state index >= 15 is 0 Å². The van der Waals surface area contributed by atoms with Crippen molar-refractivity contribution in [3.05, 3.63) is 35.4 Å². The molecule has 17 heavy (non-hydrogen) atoms. The van der Waals surface area contributed by atoms with Gasteiger partial charge in [-0.15, -0.1) is 0 Å². The number of carbonyl (C=O) groups is 2. The molecule has 0 N–H and O–H groups in total. The third-order valence-electron chi connectivity index (χ3n) is 2.44. The van der Waals surface area contributed by atoms with E-state index < -0.39 is 0 Å². The summed E-state index contributed by atoms with van der Waals surface area (Å²) in [5.41, 5.74) is 2.16. The molecule has 0 saturated carbocycles. The number of hydrogen-bond acceptors (Lipinski definition) is 3. The van der Waals surface area contributed by atoms with Crippen molar-refractivity contribution in [2.75, 3.05) is 6.61 Å². The predicted octanol–water partition coefficient (Wildman–Crippen LogP) is 2.45. The molecule has 0 heterocycles. The van der Waals surface area contributed by atoms with Gasteiger partial charge in [0.05, 0.1) is 13.0 Å². The van der Waals surface area contributed by atoms with Crippen molar-refractivity contribution in [1.82, 2.24) is 0 Å². The van der Waals surface area contributed by atoms with Crippen LogP contribution in [0.25, 0.3) is 0 Å². The van der Waals surface area contributed by atoms with Crippen LogP contribution in [-0.2, 0) is 20.7 Å². The molecule has 0 aromatic heterocycles. The molecule has 0 fully saturated rings. The van der Waals surface area contributed by atoms with Gasteiger partial charge in [0.15, 0.2) is 0 Å². The van der Waals surface area contributed by atoms with Gasteiger partial charge in [0.1, 0.15) is 5.78 Å². The lowest BCUT2D eigenvalue weighted by Gasteiger charge is -2.02. The first-order chi connectivity index (χ1) is 8.11. The highest BCUT2D eigenvalue weighted by Gasteiger charge is 2.08. The first-order valence-corrected chi connectivity index (χ1v) is 5.84. The summed E-state index contributed by atoms with van der Waals surface area (Å²) >= 11 is 0. The fraction of sp³-hybridized carbons (Fsp3) is 0.429. The lowest BCUT2D eigenvalue weighted by Crippen LogP contribution is -2.09. The largest absolute Gasteiger partial charge is 0.466 e. The van der Waals surface area contributed by atoms with Gasteiger partial charge in [0.2, 0.25) is 0 Å². The van der Waals surface area contributed by atoms with Crippen LogP contribution in [0.3, 0.4) is 0 Å². The van der Waals surface area contributed by atoms with Gasteiger partial charge in [-0.3, -0.25) is 9.59 Å². The van der Waals surface area contributed by atoms with E-state index in [-0.39, 0.29) is 24.6 Å². The van der Waals surface area contributed by atoms with Crippen molar-refractivity contribution in [1.29, 1.82) is 0 Å². The van der Waals surface area contributed by atoms with Crippen molar-refractivity contribution in [2.45, 2.75) is 33.1 Å². The smallest absolute Gasteiger partial charge is 0.306 e. The zero-order valence-corrected chi connectivity index (χ0v) is 10.4. The lowest BCUT2D eigenvalue weighted by molar-refractivity contribution is -0.144. The Balaban J connectivity index is 2.34. The quantitative estimate of drug-likeness (QED) is 0.710. The summed E-state index contributed by atoms with van der Waals surface area (Å²) in [6.45, 7) is 4.13. The summed E-state index contributed by atoms with van der Waals surface area (Å²) in [5, 5.41) is 0. The summed E-state index contributed by atoms with van der Waals surface area (Å²) < 4.78 is 4.77. The van der Waals surface area contributed by atoms with E-state index in [1.54, 1.807) is 6.92 Å². The Morgan fingerprint density at radius 2 is 1.76 bits per heavy atom. The minimum Gasteiger partial charge on any atom is -0.466 e. The van der Waals surface area contributed by atoms with E-state index in [9.17, 15) is 9.59 Å². The van der Waals surface area contributed by atoms with Crippen molar-refractivity contribution in [2.24, 2.45) is 0 Å². The van der Waals surface area contributed by atoms with Gasteiger partial charge in [0, 0.05) is 12.8 Å². The Labute approximate surface area is 102 Å². The third kappa shape index (κ3) is 5.29. The van der Waals surface area contributed by atoms with Crippen molar-refractivity contribution in [3.63, 3.8) is 0 Å². The number of carbonyl (C=O) groups excluding carboxylic acids is 2. The number of aryl methyl sites for hydroxylation is 1. The van der Waals surface area contributed by atoms with Crippen LogP contribution in [0.15, 0.2) is 24.3 Å². The Kier molecular flexibility index (Phi) is 5.40. The van der Waals surface area contributed by atoms with Crippen LogP contribution in [0.1, 0.15) is 30.9 Å². The number of benzene rings is 1. The van der Waals surface area contributed by atoms with Crippen LogP contribution >= 0.6 is 0 Å². The highest BCUT2D eigenvalue weighted by Crippen LogP contribution is 2.06. The molecule has 3 nitrogen and oxygen atoms in total. The number of hydrogen-bond donors (Lipinski definition) is 0. The number of Topliss-reactive ketones (excluding diaryl/α,β-unsaturated/α-hetero) is 1. The second-order valence-corrected chi connectivity index (χ2v) is 4.01. The highest BCUT2D eigenvalue weighted by molar-refractivity contribution is 5.84. The van der Waals surface area contributed by atoms with Crippen LogP contribution in [0.2, 0.25) is 0 Å². The molecule has 1 aromatic rings. The molecule has 0 spiro atoms. The molecule has 0 radical (unpaired) electrons. The Morgan fingerprint density at radius 1 is 1.12 bits per heavy atom. The molecule has 1 aromatic carbocycles. The topological polar surface area (TPSA) is 43.4 Å². The lowest BCUT2D eigenvalue weighted by atomic mass is 10.0. The molecule has 0 aliphatic rings. The van der Waals surface area contributed by atoms with Gasteiger partial charge in [-0.25, -0.2) is 0 Å². The number of rotatable bonds is 6. The van der Waals surface area contributed by atoms with Crippen LogP contribution in [0.4, 0.5) is 0 Å². The Morgan fingerprint density at radius 3 is 2.35 bits per heavy atom.